The molecule has 0 spiro atoms. The number of likely N-dealkylation sites (N-methyl/N-ethyl adjacent to an activating group) is 1. The fraction of sp³-hybridized carbons (Fsp3) is 0.667. The van der Waals surface area contributed by atoms with Gasteiger partial charge >= 0.3 is 0 Å². The molecular formula is C21H35ClFN5. The maximum absolute atomic E-state index is 13.3. The summed E-state index contributed by atoms with van der Waals surface area (Å²) in [5.41, 5.74) is 0.618. The zero-order valence-electron chi connectivity index (χ0n) is 17.7. The molecule has 1 saturated heterocycles. The fourth-order valence-corrected chi connectivity index (χ4v) is 3.83. The molecule has 2 N–H and O–H groups in total. The van der Waals surface area contributed by atoms with E-state index in [9.17, 15) is 4.39 Å². The molecule has 1 aliphatic heterocycles. The van der Waals surface area contributed by atoms with E-state index < -0.39 is 0 Å². The van der Waals surface area contributed by atoms with Gasteiger partial charge in [0.1, 0.15) is 5.82 Å². The first-order valence-electron chi connectivity index (χ1n) is 10.3. The van der Waals surface area contributed by atoms with Crippen LogP contribution in [0.1, 0.15) is 33.3 Å². The number of aliphatic imine (C=N–C) groups is 1. The summed E-state index contributed by atoms with van der Waals surface area (Å²) < 4.78 is 13.3. The van der Waals surface area contributed by atoms with Crippen LogP contribution in [0, 0.1) is 5.82 Å². The third-order valence-electron chi connectivity index (χ3n) is 5.27. The second-order valence-electron chi connectivity index (χ2n) is 7.91. The van der Waals surface area contributed by atoms with Crippen LogP contribution in [-0.2, 0) is 5.41 Å². The number of hydrogen-bond donors (Lipinski definition) is 2. The van der Waals surface area contributed by atoms with Crippen LogP contribution in [0.25, 0.3) is 0 Å². The minimum atomic E-state index is -0.317. The highest BCUT2D eigenvalue weighted by Gasteiger charge is 2.23. The van der Waals surface area contributed by atoms with Gasteiger partial charge in [-0.25, -0.2) is 4.39 Å². The van der Waals surface area contributed by atoms with Crippen LogP contribution in [0.4, 0.5) is 4.39 Å². The molecule has 1 aromatic rings. The van der Waals surface area contributed by atoms with E-state index in [1.165, 1.54) is 12.1 Å². The fourth-order valence-electron chi connectivity index (χ4n) is 3.40. The highest BCUT2D eigenvalue weighted by Crippen LogP contribution is 2.30. The van der Waals surface area contributed by atoms with Gasteiger partial charge in [-0.05, 0) is 31.2 Å². The summed E-state index contributed by atoms with van der Waals surface area (Å²) in [5.74, 6) is 0.490. The predicted octanol–water partition coefficient (Wildman–Crippen LogP) is 2.95. The monoisotopic (exact) mass is 411 g/mol. The molecule has 0 radical (unpaired) electrons. The van der Waals surface area contributed by atoms with Gasteiger partial charge in [0.2, 0.25) is 0 Å². The lowest BCUT2D eigenvalue weighted by Gasteiger charge is -2.34. The first-order valence-corrected chi connectivity index (χ1v) is 10.7. The van der Waals surface area contributed by atoms with E-state index in [-0.39, 0.29) is 11.2 Å². The second-order valence-corrected chi connectivity index (χ2v) is 8.31. The molecule has 2 rings (SSSR count). The number of nitrogens with one attached hydrogen (secondary N) is 2. The lowest BCUT2D eigenvalue weighted by atomic mass is 9.84. The molecule has 0 aliphatic carbocycles. The minimum absolute atomic E-state index is 0.288. The van der Waals surface area contributed by atoms with E-state index in [1.807, 2.05) is 0 Å². The Bertz CT molecular complexity index is 642. The minimum Gasteiger partial charge on any atom is -0.357 e. The Hall–Kier alpha value is -1.37. The van der Waals surface area contributed by atoms with Crippen molar-refractivity contribution in [3.63, 3.8) is 0 Å². The predicted molar refractivity (Wildman–Crippen MR) is 117 cm³/mol. The molecule has 1 fully saturated rings. The van der Waals surface area contributed by atoms with Crippen molar-refractivity contribution in [2.24, 2.45) is 4.99 Å². The summed E-state index contributed by atoms with van der Waals surface area (Å²) in [6.07, 6.45) is 0. The first kappa shape index (κ1) is 22.9. The molecule has 0 atom stereocenters. The van der Waals surface area contributed by atoms with Crippen molar-refractivity contribution >= 4 is 17.6 Å². The quantitative estimate of drug-likeness (QED) is 0.510. The van der Waals surface area contributed by atoms with Crippen molar-refractivity contribution < 1.29 is 4.39 Å². The van der Waals surface area contributed by atoms with Crippen molar-refractivity contribution in [1.82, 2.24) is 20.4 Å². The number of hydrogen-bond acceptors (Lipinski definition) is 3. The van der Waals surface area contributed by atoms with Crippen molar-refractivity contribution in [3.05, 3.63) is 34.6 Å². The van der Waals surface area contributed by atoms with Gasteiger partial charge in [0, 0.05) is 56.3 Å². The van der Waals surface area contributed by atoms with E-state index in [0.717, 1.165) is 63.9 Å². The number of halogens is 2. The lowest BCUT2D eigenvalue weighted by Crippen LogP contribution is -2.49. The SMILES string of the molecule is CCNC(=NCC(C)(C)c1ccc(F)cc1Cl)NCCN1CCN(CC)CC1. The van der Waals surface area contributed by atoms with E-state index in [0.29, 0.717) is 11.6 Å². The zero-order valence-corrected chi connectivity index (χ0v) is 18.4. The molecule has 0 aromatic heterocycles. The topological polar surface area (TPSA) is 42.9 Å². The maximum Gasteiger partial charge on any atom is 0.191 e. The Kier molecular flexibility index (Phi) is 8.99. The Balaban J connectivity index is 1.88. The molecule has 0 amide bonds. The molecule has 1 aromatic carbocycles. The number of rotatable bonds is 8. The van der Waals surface area contributed by atoms with Crippen molar-refractivity contribution in [3.8, 4) is 0 Å². The van der Waals surface area contributed by atoms with Crippen LogP contribution in [0.2, 0.25) is 5.02 Å². The zero-order chi connectivity index (χ0) is 20.6. The van der Waals surface area contributed by atoms with Gasteiger partial charge in [0.15, 0.2) is 5.96 Å². The Labute approximate surface area is 174 Å². The molecule has 0 bridgehead atoms. The summed E-state index contributed by atoms with van der Waals surface area (Å²) in [6, 6.07) is 4.57. The van der Waals surface area contributed by atoms with Crippen LogP contribution < -0.4 is 10.6 Å². The molecule has 1 aliphatic rings. The third-order valence-corrected chi connectivity index (χ3v) is 5.58. The summed E-state index contributed by atoms with van der Waals surface area (Å²) in [4.78, 5) is 9.72. The van der Waals surface area contributed by atoms with Crippen LogP contribution in [-0.4, -0.2) is 74.7 Å². The molecule has 0 unspecified atom stereocenters. The molecule has 5 nitrogen and oxygen atoms in total. The third kappa shape index (κ3) is 6.90. The highest BCUT2D eigenvalue weighted by molar-refractivity contribution is 6.31. The van der Waals surface area contributed by atoms with Crippen LogP contribution in [0.15, 0.2) is 23.2 Å². The van der Waals surface area contributed by atoms with Crippen molar-refractivity contribution in [2.45, 2.75) is 33.1 Å². The molecule has 28 heavy (non-hydrogen) atoms. The van der Waals surface area contributed by atoms with Crippen LogP contribution >= 0.6 is 11.6 Å². The van der Waals surface area contributed by atoms with Gasteiger partial charge in [-0.15, -0.1) is 0 Å². The van der Waals surface area contributed by atoms with E-state index >= 15 is 0 Å². The van der Waals surface area contributed by atoms with Crippen molar-refractivity contribution in [1.29, 1.82) is 0 Å². The average molecular weight is 412 g/mol. The molecule has 7 heteroatoms. The van der Waals surface area contributed by atoms with Gasteiger partial charge in [-0.1, -0.05) is 38.4 Å². The van der Waals surface area contributed by atoms with Gasteiger partial charge in [-0.3, -0.25) is 9.89 Å². The highest BCUT2D eigenvalue weighted by atomic mass is 35.5. The smallest absolute Gasteiger partial charge is 0.191 e. The van der Waals surface area contributed by atoms with Crippen molar-refractivity contribution in [2.75, 3.05) is 58.9 Å². The molecule has 1 heterocycles. The number of nitrogens with zero attached hydrogens (tertiary/aromatic N) is 3. The maximum atomic E-state index is 13.3. The van der Waals surface area contributed by atoms with Gasteiger partial charge in [0.25, 0.3) is 0 Å². The number of benzene rings is 1. The van der Waals surface area contributed by atoms with Gasteiger partial charge < -0.3 is 15.5 Å². The normalized spacial score (nSPS) is 17.0. The summed E-state index contributed by atoms with van der Waals surface area (Å²) in [7, 11) is 0. The standard InChI is InChI=1S/C21H35ClFN5/c1-5-24-20(25-9-10-28-13-11-27(6-2)12-14-28)26-16-21(3,4)18-8-7-17(23)15-19(18)22/h7-8,15H,5-6,9-14,16H2,1-4H3,(H2,24,25,26). The van der Waals surface area contributed by atoms with E-state index in [1.54, 1.807) is 6.07 Å². The van der Waals surface area contributed by atoms with E-state index in [2.05, 4.69) is 48.1 Å². The Morgan fingerprint density at radius 1 is 1.14 bits per heavy atom. The van der Waals surface area contributed by atoms with Crippen LogP contribution in [0.5, 0.6) is 0 Å². The average Bonchev–Trinajstić information content (AvgIpc) is 2.66. The van der Waals surface area contributed by atoms with Crippen LogP contribution in [0.3, 0.4) is 0 Å². The van der Waals surface area contributed by atoms with Gasteiger partial charge in [0.05, 0.1) is 6.54 Å². The molecule has 158 valence electrons. The lowest BCUT2D eigenvalue weighted by molar-refractivity contribution is 0.139. The first-order chi connectivity index (χ1) is 13.4. The summed E-state index contributed by atoms with van der Waals surface area (Å²) in [5, 5.41) is 7.18. The largest absolute Gasteiger partial charge is 0.357 e. The molecular weight excluding hydrogens is 377 g/mol. The van der Waals surface area contributed by atoms with E-state index in [4.69, 9.17) is 16.6 Å². The summed E-state index contributed by atoms with van der Waals surface area (Å²) in [6.45, 7) is 17.3. The van der Waals surface area contributed by atoms with Gasteiger partial charge in [-0.2, -0.15) is 0 Å². The number of piperazine rings is 1. The Morgan fingerprint density at radius 3 is 2.43 bits per heavy atom. The summed E-state index contributed by atoms with van der Waals surface area (Å²) >= 11 is 6.25. The second kappa shape index (κ2) is 11.0. The molecule has 0 saturated carbocycles. The number of guanidine groups is 1. The Morgan fingerprint density at radius 2 is 1.82 bits per heavy atom.